The van der Waals surface area contributed by atoms with Crippen molar-refractivity contribution in [1.82, 2.24) is 4.90 Å². The fourth-order valence-corrected chi connectivity index (χ4v) is 2.28. The largest absolute Gasteiger partial charge is 0.480 e. The molecule has 1 unspecified atom stereocenters. The molecule has 1 N–H and O–H groups in total. The highest BCUT2D eigenvalue weighted by atomic mass is 19.1. The zero-order chi connectivity index (χ0) is 14.8. The van der Waals surface area contributed by atoms with E-state index in [4.69, 9.17) is 4.74 Å². The Morgan fingerprint density at radius 2 is 2.10 bits per heavy atom. The van der Waals surface area contributed by atoms with Gasteiger partial charge in [0.2, 0.25) is 0 Å². The molecular formula is C14H16FNO4. The predicted octanol–water partition coefficient (Wildman–Crippen LogP) is 2.21. The van der Waals surface area contributed by atoms with Crippen LogP contribution in [0.4, 0.5) is 9.18 Å². The summed E-state index contributed by atoms with van der Waals surface area (Å²) in [6.07, 6.45) is -2.37. The molecule has 1 fully saturated rings. The van der Waals surface area contributed by atoms with Crippen LogP contribution in [0.3, 0.4) is 0 Å². The molecule has 0 aliphatic carbocycles. The summed E-state index contributed by atoms with van der Waals surface area (Å²) in [5, 5.41) is 9.18. The van der Waals surface area contributed by atoms with Gasteiger partial charge in [-0.25, -0.2) is 14.0 Å². The van der Waals surface area contributed by atoms with Gasteiger partial charge in [0.05, 0.1) is 6.54 Å². The topological polar surface area (TPSA) is 66.8 Å². The Morgan fingerprint density at radius 3 is 2.70 bits per heavy atom. The Hall–Kier alpha value is -2.11. The third kappa shape index (κ3) is 2.74. The maximum atomic E-state index is 13.4. The van der Waals surface area contributed by atoms with Gasteiger partial charge in [0.25, 0.3) is 0 Å². The molecule has 1 saturated heterocycles. The Morgan fingerprint density at radius 1 is 1.45 bits per heavy atom. The zero-order valence-electron chi connectivity index (χ0n) is 11.1. The molecule has 1 aliphatic rings. The lowest BCUT2D eigenvalue weighted by molar-refractivity contribution is -0.147. The predicted molar refractivity (Wildman–Crippen MR) is 68.9 cm³/mol. The fraction of sp³-hybridized carbons (Fsp3) is 0.429. The number of carboxylic acid groups (broad SMARTS) is 1. The number of halogens is 1. The molecule has 0 saturated carbocycles. The van der Waals surface area contributed by atoms with Crippen LogP contribution in [0.15, 0.2) is 30.3 Å². The normalized spacial score (nSPS) is 25.5. The molecule has 0 bridgehead atoms. The first kappa shape index (κ1) is 14.3. The van der Waals surface area contributed by atoms with E-state index in [2.05, 4.69) is 0 Å². The molecule has 0 spiro atoms. The van der Waals surface area contributed by atoms with Gasteiger partial charge < -0.3 is 9.84 Å². The van der Waals surface area contributed by atoms with E-state index in [1.165, 1.54) is 6.92 Å². The van der Waals surface area contributed by atoms with E-state index in [1.807, 2.05) is 6.07 Å². The van der Waals surface area contributed by atoms with Crippen LogP contribution in [0.1, 0.15) is 18.9 Å². The van der Waals surface area contributed by atoms with Gasteiger partial charge in [-0.2, -0.15) is 0 Å². The number of aliphatic carboxylic acids is 1. The monoisotopic (exact) mass is 281 g/mol. The summed E-state index contributed by atoms with van der Waals surface area (Å²) in [7, 11) is 0. The third-order valence-corrected chi connectivity index (χ3v) is 3.48. The second kappa shape index (κ2) is 5.48. The standard InChI is InChI=1S/C14H16FNO4/c1-14(12(17)18)7-11(15)8-16(14)13(19)20-9-10-5-3-2-4-6-10/h2-6,11H,7-9H2,1H3,(H,17,18)/t11-,14?/m1/s1. The van der Waals surface area contributed by atoms with Crippen molar-refractivity contribution in [2.75, 3.05) is 6.54 Å². The minimum Gasteiger partial charge on any atom is -0.480 e. The molecule has 0 aromatic heterocycles. The molecule has 20 heavy (non-hydrogen) atoms. The minimum absolute atomic E-state index is 0.0306. The van der Waals surface area contributed by atoms with Crippen LogP contribution in [0.5, 0.6) is 0 Å². The van der Waals surface area contributed by atoms with Gasteiger partial charge >= 0.3 is 12.1 Å². The number of hydrogen-bond donors (Lipinski definition) is 1. The maximum Gasteiger partial charge on any atom is 0.411 e. The Bertz CT molecular complexity index is 507. The Kier molecular flexibility index (Phi) is 3.92. The lowest BCUT2D eigenvalue weighted by Gasteiger charge is -2.29. The lowest BCUT2D eigenvalue weighted by atomic mass is 9.99. The number of alkyl halides is 1. The van der Waals surface area contributed by atoms with Crippen molar-refractivity contribution >= 4 is 12.1 Å². The summed E-state index contributed by atoms with van der Waals surface area (Å²) in [6, 6.07) is 9.01. The first-order valence-corrected chi connectivity index (χ1v) is 6.29. The number of ether oxygens (including phenoxy) is 1. The minimum atomic E-state index is -1.55. The summed E-state index contributed by atoms with van der Waals surface area (Å²) in [5.74, 6) is -1.23. The molecule has 5 nitrogen and oxygen atoms in total. The van der Waals surface area contributed by atoms with Gasteiger partial charge in [0, 0.05) is 6.42 Å². The molecule has 6 heteroatoms. The second-order valence-electron chi connectivity index (χ2n) is 5.03. The van der Waals surface area contributed by atoms with Crippen LogP contribution >= 0.6 is 0 Å². The molecule has 1 aliphatic heterocycles. The maximum absolute atomic E-state index is 13.4. The van der Waals surface area contributed by atoms with Crippen molar-refractivity contribution in [2.45, 2.75) is 31.7 Å². The van der Waals surface area contributed by atoms with Gasteiger partial charge in [0.1, 0.15) is 18.3 Å². The first-order valence-electron chi connectivity index (χ1n) is 6.29. The van der Waals surface area contributed by atoms with E-state index in [1.54, 1.807) is 24.3 Å². The smallest absolute Gasteiger partial charge is 0.411 e. The molecule has 1 aromatic rings. The van der Waals surface area contributed by atoms with E-state index in [9.17, 15) is 19.1 Å². The lowest BCUT2D eigenvalue weighted by Crippen LogP contribution is -2.50. The van der Waals surface area contributed by atoms with Gasteiger partial charge in [-0.05, 0) is 12.5 Å². The second-order valence-corrected chi connectivity index (χ2v) is 5.03. The van der Waals surface area contributed by atoms with Crippen LogP contribution in [-0.4, -0.2) is 40.3 Å². The van der Waals surface area contributed by atoms with Crippen molar-refractivity contribution < 1.29 is 23.8 Å². The van der Waals surface area contributed by atoms with E-state index >= 15 is 0 Å². The van der Waals surface area contributed by atoms with Crippen LogP contribution in [0.2, 0.25) is 0 Å². The van der Waals surface area contributed by atoms with Crippen molar-refractivity contribution in [3.05, 3.63) is 35.9 Å². The number of rotatable bonds is 3. The fourth-order valence-electron chi connectivity index (χ4n) is 2.28. The van der Waals surface area contributed by atoms with Gasteiger partial charge in [-0.1, -0.05) is 30.3 Å². The van der Waals surface area contributed by atoms with Crippen molar-refractivity contribution in [3.8, 4) is 0 Å². The summed E-state index contributed by atoms with van der Waals surface area (Å²) >= 11 is 0. The molecule has 108 valence electrons. The summed E-state index contributed by atoms with van der Waals surface area (Å²) in [5.41, 5.74) is -0.762. The molecule has 2 atom stereocenters. The molecular weight excluding hydrogens is 265 g/mol. The number of nitrogens with zero attached hydrogens (tertiary/aromatic N) is 1. The third-order valence-electron chi connectivity index (χ3n) is 3.48. The van der Waals surface area contributed by atoms with Gasteiger partial charge in [-0.3, -0.25) is 4.90 Å². The highest BCUT2D eigenvalue weighted by Crippen LogP contribution is 2.32. The van der Waals surface area contributed by atoms with Crippen LogP contribution in [0.25, 0.3) is 0 Å². The number of carbonyl (C=O) groups is 2. The summed E-state index contributed by atoms with van der Waals surface area (Å²) in [4.78, 5) is 24.1. The van der Waals surface area contributed by atoms with E-state index < -0.39 is 23.8 Å². The number of carboxylic acids is 1. The number of likely N-dealkylation sites (tertiary alicyclic amines) is 1. The summed E-state index contributed by atoms with van der Waals surface area (Å²) in [6.45, 7) is 1.11. The van der Waals surface area contributed by atoms with E-state index in [-0.39, 0.29) is 19.6 Å². The van der Waals surface area contributed by atoms with Crippen molar-refractivity contribution in [2.24, 2.45) is 0 Å². The molecule has 1 amide bonds. The molecule has 0 radical (unpaired) electrons. The zero-order valence-corrected chi connectivity index (χ0v) is 11.1. The Labute approximate surface area is 116 Å². The average molecular weight is 281 g/mol. The highest BCUT2D eigenvalue weighted by Gasteiger charge is 2.51. The summed E-state index contributed by atoms with van der Waals surface area (Å²) < 4.78 is 18.5. The number of hydrogen-bond acceptors (Lipinski definition) is 3. The number of carbonyl (C=O) groups excluding carboxylic acids is 1. The quantitative estimate of drug-likeness (QED) is 0.922. The van der Waals surface area contributed by atoms with Gasteiger partial charge in [-0.15, -0.1) is 0 Å². The SMILES string of the molecule is CC1(C(=O)O)C[C@@H](F)CN1C(=O)OCc1ccccc1. The number of benzene rings is 1. The average Bonchev–Trinajstić information content (AvgIpc) is 2.74. The Balaban J connectivity index is 2.03. The van der Waals surface area contributed by atoms with Crippen molar-refractivity contribution in [1.29, 1.82) is 0 Å². The van der Waals surface area contributed by atoms with Crippen LogP contribution in [-0.2, 0) is 16.1 Å². The highest BCUT2D eigenvalue weighted by molar-refractivity contribution is 5.84. The molecule has 1 aromatic carbocycles. The first-order chi connectivity index (χ1) is 9.43. The number of amides is 1. The van der Waals surface area contributed by atoms with Gasteiger partial charge in [0.15, 0.2) is 0 Å². The van der Waals surface area contributed by atoms with Crippen molar-refractivity contribution in [3.63, 3.8) is 0 Å². The van der Waals surface area contributed by atoms with E-state index in [0.717, 1.165) is 10.5 Å². The molecule has 1 heterocycles. The van der Waals surface area contributed by atoms with Crippen LogP contribution in [0, 0.1) is 0 Å². The van der Waals surface area contributed by atoms with Crippen LogP contribution < -0.4 is 0 Å². The molecule has 2 rings (SSSR count). The van der Waals surface area contributed by atoms with E-state index in [0.29, 0.717) is 0 Å².